The molecule has 3 heteroatoms. The van der Waals surface area contributed by atoms with E-state index in [-0.39, 0.29) is 5.91 Å². The van der Waals surface area contributed by atoms with Crippen LogP contribution in [0.4, 0.5) is 0 Å². The monoisotopic (exact) mass is 187 g/mol. The average Bonchev–Trinajstić information content (AvgIpc) is 2.15. The quantitative estimate of drug-likeness (QED) is 0.646. The van der Waals surface area contributed by atoms with E-state index in [9.17, 15) is 4.79 Å². The van der Waals surface area contributed by atoms with Crippen molar-refractivity contribution in [3.63, 3.8) is 0 Å². The second-order valence-electron chi connectivity index (χ2n) is 3.35. The molecule has 1 aliphatic rings. The molecule has 0 aliphatic heterocycles. The maximum absolute atomic E-state index is 11.4. The van der Waals surface area contributed by atoms with Gasteiger partial charge in [-0.2, -0.15) is 12.6 Å². The van der Waals surface area contributed by atoms with Gasteiger partial charge in [0.05, 0.1) is 0 Å². The summed E-state index contributed by atoms with van der Waals surface area (Å²) in [7, 11) is 0. The van der Waals surface area contributed by atoms with Gasteiger partial charge in [0.25, 0.3) is 0 Å². The Labute approximate surface area is 79.5 Å². The summed E-state index contributed by atoms with van der Waals surface area (Å²) in [6.45, 7) is 0.707. The topological polar surface area (TPSA) is 29.1 Å². The summed E-state index contributed by atoms with van der Waals surface area (Å²) in [4.78, 5) is 11.4. The van der Waals surface area contributed by atoms with E-state index in [0.717, 1.165) is 18.6 Å². The number of rotatable bonds is 3. The second-order valence-corrected chi connectivity index (χ2v) is 3.80. The summed E-state index contributed by atoms with van der Waals surface area (Å²) in [5, 5.41) is 2.89. The van der Waals surface area contributed by atoms with Crippen molar-refractivity contribution in [3.8, 4) is 0 Å². The highest BCUT2D eigenvalue weighted by molar-refractivity contribution is 7.80. The number of carbonyl (C=O) groups excluding carboxylic acids is 1. The molecule has 1 N–H and O–H groups in total. The molecule has 0 spiro atoms. The first kappa shape index (κ1) is 9.90. The number of carbonyl (C=O) groups is 1. The van der Waals surface area contributed by atoms with Crippen molar-refractivity contribution in [3.05, 3.63) is 0 Å². The van der Waals surface area contributed by atoms with Crippen molar-refractivity contribution in [1.82, 2.24) is 5.32 Å². The Bertz CT molecular complexity index is 143. The molecule has 0 atom stereocenters. The summed E-state index contributed by atoms with van der Waals surface area (Å²) >= 11 is 4.04. The third kappa shape index (κ3) is 3.05. The maximum atomic E-state index is 11.4. The molecule has 0 radical (unpaired) electrons. The van der Waals surface area contributed by atoms with Crippen LogP contribution in [0.1, 0.15) is 32.1 Å². The molecule has 0 saturated heterocycles. The number of thiol groups is 1. The normalized spacial score (nSPS) is 19.1. The lowest BCUT2D eigenvalue weighted by molar-refractivity contribution is -0.125. The number of amides is 1. The van der Waals surface area contributed by atoms with Gasteiger partial charge in [0.1, 0.15) is 0 Å². The first-order valence-corrected chi connectivity index (χ1v) is 5.36. The van der Waals surface area contributed by atoms with Crippen molar-refractivity contribution in [2.24, 2.45) is 5.92 Å². The third-order valence-corrected chi connectivity index (χ3v) is 2.61. The summed E-state index contributed by atoms with van der Waals surface area (Å²) in [5.74, 6) is 1.26. The Hall–Kier alpha value is -0.180. The van der Waals surface area contributed by atoms with Gasteiger partial charge in [0, 0.05) is 18.2 Å². The molecule has 12 heavy (non-hydrogen) atoms. The van der Waals surface area contributed by atoms with Crippen LogP contribution in [-0.4, -0.2) is 18.2 Å². The molecular formula is C9H17NOS. The van der Waals surface area contributed by atoms with Gasteiger partial charge in [-0.1, -0.05) is 19.3 Å². The first-order valence-electron chi connectivity index (χ1n) is 4.73. The Morgan fingerprint density at radius 2 is 2.00 bits per heavy atom. The van der Waals surface area contributed by atoms with Crippen molar-refractivity contribution < 1.29 is 4.79 Å². The lowest BCUT2D eigenvalue weighted by Crippen LogP contribution is -2.33. The molecule has 1 rings (SSSR count). The highest BCUT2D eigenvalue weighted by Gasteiger charge is 2.19. The molecule has 0 aromatic rings. The zero-order valence-corrected chi connectivity index (χ0v) is 8.28. The number of hydrogen-bond donors (Lipinski definition) is 2. The van der Waals surface area contributed by atoms with Crippen LogP contribution >= 0.6 is 12.6 Å². The molecular weight excluding hydrogens is 170 g/mol. The lowest BCUT2D eigenvalue weighted by Gasteiger charge is -2.20. The lowest BCUT2D eigenvalue weighted by atomic mass is 9.89. The first-order chi connectivity index (χ1) is 5.84. The summed E-state index contributed by atoms with van der Waals surface area (Å²) < 4.78 is 0. The largest absolute Gasteiger partial charge is 0.355 e. The van der Waals surface area contributed by atoms with Crippen LogP contribution in [0.3, 0.4) is 0 Å². The van der Waals surface area contributed by atoms with E-state index >= 15 is 0 Å². The van der Waals surface area contributed by atoms with Crippen LogP contribution in [0.2, 0.25) is 0 Å². The van der Waals surface area contributed by atoms with Gasteiger partial charge in [-0.15, -0.1) is 0 Å². The second kappa shape index (κ2) is 5.46. The molecule has 1 aliphatic carbocycles. The van der Waals surface area contributed by atoms with Gasteiger partial charge in [0.2, 0.25) is 5.91 Å². The third-order valence-electron chi connectivity index (χ3n) is 2.39. The minimum absolute atomic E-state index is 0.240. The van der Waals surface area contributed by atoms with E-state index in [4.69, 9.17) is 0 Å². The molecule has 2 nitrogen and oxygen atoms in total. The zero-order chi connectivity index (χ0) is 8.81. The molecule has 0 unspecified atom stereocenters. The number of nitrogens with one attached hydrogen (secondary N) is 1. The van der Waals surface area contributed by atoms with E-state index in [1.165, 1.54) is 19.3 Å². The Morgan fingerprint density at radius 3 is 2.58 bits per heavy atom. The van der Waals surface area contributed by atoms with Gasteiger partial charge < -0.3 is 5.32 Å². The van der Waals surface area contributed by atoms with Crippen LogP contribution in [0.25, 0.3) is 0 Å². The summed E-state index contributed by atoms with van der Waals surface area (Å²) in [6.07, 6.45) is 5.91. The molecule has 1 saturated carbocycles. The Kier molecular flexibility index (Phi) is 4.51. The fourth-order valence-electron chi connectivity index (χ4n) is 1.69. The van der Waals surface area contributed by atoms with Crippen LogP contribution < -0.4 is 5.32 Å². The van der Waals surface area contributed by atoms with Crippen LogP contribution in [0, 0.1) is 5.92 Å². The smallest absolute Gasteiger partial charge is 0.223 e. The highest BCUT2D eigenvalue weighted by atomic mass is 32.1. The molecule has 0 aromatic carbocycles. The van der Waals surface area contributed by atoms with Crippen LogP contribution in [-0.2, 0) is 4.79 Å². The Balaban J connectivity index is 2.20. The molecule has 70 valence electrons. The van der Waals surface area contributed by atoms with Crippen LogP contribution in [0.15, 0.2) is 0 Å². The Morgan fingerprint density at radius 1 is 1.33 bits per heavy atom. The molecule has 1 amide bonds. The summed E-state index contributed by atoms with van der Waals surface area (Å²) in [5.41, 5.74) is 0. The minimum atomic E-state index is 0.240. The van der Waals surface area contributed by atoms with Crippen molar-refractivity contribution in [2.75, 3.05) is 12.3 Å². The van der Waals surface area contributed by atoms with E-state index in [2.05, 4.69) is 17.9 Å². The van der Waals surface area contributed by atoms with E-state index in [1.54, 1.807) is 0 Å². The van der Waals surface area contributed by atoms with E-state index in [1.807, 2.05) is 0 Å². The maximum Gasteiger partial charge on any atom is 0.223 e. The fourth-order valence-corrected chi connectivity index (χ4v) is 1.80. The van der Waals surface area contributed by atoms with Gasteiger partial charge in [0.15, 0.2) is 0 Å². The SMILES string of the molecule is O=C(NCCS)C1CCCCC1. The molecule has 1 fully saturated rings. The van der Waals surface area contributed by atoms with Gasteiger partial charge in [-0.25, -0.2) is 0 Å². The molecule has 0 bridgehead atoms. The van der Waals surface area contributed by atoms with Gasteiger partial charge >= 0.3 is 0 Å². The predicted molar refractivity (Wildman–Crippen MR) is 53.4 cm³/mol. The van der Waals surface area contributed by atoms with Crippen LogP contribution in [0.5, 0.6) is 0 Å². The van der Waals surface area contributed by atoms with E-state index < -0.39 is 0 Å². The summed E-state index contributed by atoms with van der Waals surface area (Å²) in [6, 6.07) is 0. The average molecular weight is 187 g/mol. The zero-order valence-electron chi connectivity index (χ0n) is 7.38. The van der Waals surface area contributed by atoms with Crippen molar-refractivity contribution >= 4 is 18.5 Å². The predicted octanol–water partition coefficient (Wildman–Crippen LogP) is 1.61. The highest BCUT2D eigenvalue weighted by Crippen LogP contribution is 2.23. The number of hydrogen-bond acceptors (Lipinski definition) is 2. The van der Waals surface area contributed by atoms with E-state index in [0.29, 0.717) is 12.5 Å². The van der Waals surface area contributed by atoms with Crippen molar-refractivity contribution in [1.29, 1.82) is 0 Å². The van der Waals surface area contributed by atoms with Gasteiger partial charge in [-0.3, -0.25) is 4.79 Å². The van der Waals surface area contributed by atoms with Crippen molar-refractivity contribution in [2.45, 2.75) is 32.1 Å². The standard InChI is InChI=1S/C9H17NOS/c11-9(10-6-7-12)8-4-2-1-3-5-8/h8,12H,1-7H2,(H,10,11). The fraction of sp³-hybridized carbons (Fsp3) is 0.889. The molecule has 0 aromatic heterocycles. The van der Waals surface area contributed by atoms with Gasteiger partial charge in [-0.05, 0) is 12.8 Å². The molecule has 0 heterocycles. The minimum Gasteiger partial charge on any atom is -0.355 e.